The summed E-state index contributed by atoms with van der Waals surface area (Å²) in [6.07, 6.45) is 2.70. The van der Waals surface area contributed by atoms with Gasteiger partial charge < -0.3 is 15.2 Å². The molecule has 132 valence electrons. The summed E-state index contributed by atoms with van der Waals surface area (Å²) in [5.41, 5.74) is 2.95. The lowest BCUT2D eigenvalue weighted by molar-refractivity contribution is -0.121. The molecular weight excluding hydrogens is 326 g/mol. The van der Waals surface area contributed by atoms with Crippen LogP contribution in [0, 0.1) is 5.92 Å². The number of aromatic nitrogens is 1. The van der Waals surface area contributed by atoms with Crippen molar-refractivity contribution in [2.45, 2.75) is 12.8 Å². The molecule has 1 atom stereocenters. The number of nitrogens with one attached hydrogen (secondary N) is 2. The molecule has 2 heterocycles. The molecule has 1 aromatic heterocycles. The molecule has 2 N–H and O–H groups in total. The van der Waals surface area contributed by atoms with Gasteiger partial charge in [-0.05, 0) is 23.8 Å². The highest BCUT2D eigenvalue weighted by Crippen LogP contribution is 2.24. The van der Waals surface area contributed by atoms with E-state index in [9.17, 15) is 9.59 Å². The molecule has 1 unspecified atom stereocenters. The first kappa shape index (κ1) is 16.4. The number of carbonyl (C=O) groups excluding carboxylic acids is 2. The highest BCUT2D eigenvalue weighted by molar-refractivity contribution is 5.95. The summed E-state index contributed by atoms with van der Waals surface area (Å²) in [5.74, 6) is 0.252. The van der Waals surface area contributed by atoms with Gasteiger partial charge in [-0.15, -0.1) is 0 Å². The van der Waals surface area contributed by atoms with Gasteiger partial charge in [0.25, 0.3) is 0 Å². The van der Waals surface area contributed by atoms with Crippen LogP contribution in [0.1, 0.15) is 12.0 Å². The van der Waals surface area contributed by atoms with Gasteiger partial charge in [-0.3, -0.25) is 9.59 Å². The fourth-order valence-electron chi connectivity index (χ4n) is 3.55. The Morgan fingerprint density at radius 2 is 1.88 bits per heavy atom. The van der Waals surface area contributed by atoms with Crippen molar-refractivity contribution in [1.29, 1.82) is 0 Å². The molecule has 0 spiro atoms. The van der Waals surface area contributed by atoms with Crippen LogP contribution in [0.25, 0.3) is 10.9 Å². The van der Waals surface area contributed by atoms with Crippen molar-refractivity contribution >= 4 is 28.4 Å². The number of anilines is 1. The van der Waals surface area contributed by atoms with Gasteiger partial charge in [-0.1, -0.05) is 36.4 Å². The number of aromatic amines is 1. The van der Waals surface area contributed by atoms with Crippen LogP contribution in [-0.4, -0.2) is 29.9 Å². The molecule has 4 rings (SSSR count). The molecule has 0 aliphatic carbocycles. The second kappa shape index (κ2) is 7.04. The lowest BCUT2D eigenvalue weighted by Crippen LogP contribution is -2.32. The summed E-state index contributed by atoms with van der Waals surface area (Å²) in [6.45, 7) is 1.17. The monoisotopic (exact) mass is 347 g/mol. The van der Waals surface area contributed by atoms with Crippen molar-refractivity contribution in [2.24, 2.45) is 5.92 Å². The number of hydrogen-bond donors (Lipinski definition) is 2. The van der Waals surface area contributed by atoms with Crippen LogP contribution in [0.4, 0.5) is 5.69 Å². The summed E-state index contributed by atoms with van der Waals surface area (Å²) in [6, 6.07) is 17.6. The summed E-state index contributed by atoms with van der Waals surface area (Å²) in [4.78, 5) is 29.6. The van der Waals surface area contributed by atoms with Crippen LogP contribution >= 0.6 is 0 Å². The van der Waals surface area contributed by atoms with E-state index in [1.54, 1.807) is 4.90 Å². The fourth-order valence-corrected chi connectivity index (χ4v) is 3.55. The number of benzene rings is 2. The van der Waals surface area contributed by atoms with E-state index < -0.39 is 0 Å². The Bertz CT molecular complexity index is 933. The molecule has 2 aromatic carbocycles. The third-order valence-corrected chi connectivity index (χ3v) is 4.89. The first-order chi connectivity index (χ1) is 12.7. The van der Waals surface area contributed by atoms with Gasteiger partial charge in [0.05, 0.1) is 6.42 Å². The van der Waals surface area contributed by atoms with Gasteiger partial charge >= 0.3 is 0 Å². The zero-order valence-corrected chi connectivity index (χ0v) is 14.4. The number of hydrogen-bond acceptors (Lipinski definition) is 2. The maximum Gasteiger partial charge on any atom is 0.227 e. The third-order valence-electron chi connectivity index (χ3n) is 4.89. The Kier molecular flexibility index (Phi) is 4.44. The normalized spacial score (nSPS) is 17.0. The molecule has 1 fully saturated rings. The highest BCUT2D eigenvalue weighted by Gasteiger charge is 2.30. The van der Waals surface area contributed by atoms with E-state index in [1.165, 1.54) is 0 Å². The Morgan fingerprint density at radius 1 is 1.12 bits per heavy atom. The molecule has 0 bridgehead atoms. The predicted octanol–water partition coefficient (Wildman–Crippen LogP) is 2.88. The Labute approximate surface area is 152 Å². The smallest absolute Gasteiger partial charge is 0.227 e. The lowest BCUT2D eigenvalue weighted by Gasteiger charge is -2.16. The number of rotatable bonds is 5. The van der Waals surface area contributed by atoms with Gasteiger partial charge in [-0.25, -0.2) is 0 Å². The number of fused-ring (bicyclic) bond motifs is 1. The molecule has 26 heavy (non-hydrogen) atoms. The van der Waals surface area contributed by atoms with E-state index in [0.717, 1.165) is 22.2 Å². The molecule has 5 nitrogen and oxygen atoms in total. The van der Waals surface area contributed by atoms with Crippen molar-refractivity contribution in [3.8, 4) is 0 Å². The first-order valence-corrected chi connectivity index (χ1v) is 8.88. The molecular formula is C21H21N3O2. The molecule has 1 saturated heterocycles. The summed E-state index contributed by atoms with van der Waals surface area (Å²) in [5, 5.41) is 4.07. The number of carbonyl (C=O) groups is 2. The van der Waals surface area contributed by atoms with Gasteiger partial charge in [0.15, 0.2) is 0 Å². The maximum atomic E-state index is 12.3. The van der Waals surface area contributed by atoms with E-state index in [-0.39, 0.29) is 17.7 Å². The van der Waals surface area contributed by atoms with Crippen LogP contribution in [0.2, 0.25) is 0 Å². The van der Waals surface area contributed by atoms with E-state index in [1.807, 2.05) is 60.8 Å². The Morgan fingerprint density at radius 3 is 2.73 bits per heavy atom. The van der Waals surface area contributed by atoms with Crippen molar-refractivity contribution in [1.82, 2.24) is 10.3 Å². The van der Waals surface area contributed by atoms with E-state index >= 15 is 0 Å². The van der Waals surface area contributed by atoms with Gasteiger partial charge in [0.2, 0.25) is 11.8 Å². The van der Waals surface area contributed by atoms with E-state index in [0.29, 0.717) is 25.9 Å². The highest BCUT2D eigenvalue weighted by atomic mass is 16.2. The number of nitrogens with zero attached hydrogens (tertiary/aromatic N) is 1. The molecule has 3 aromatic rings. The number of para-hydroxylation sites is 2. The minimum absolute atomic E-state index is 0.0136. The average molecular weight is 347 g/mol. The van der Waals surface area contributed by atoms with Crippen molar-refractivity contribution in [3.05, 3.63) is 66.4 Å². The van der Waals surface area contributed by atoms with Gasteiger partial charge in [0, 0.05) is 48.2 Å². The Balaban J connectivity index is 1.33. The van der Waals surface area contributed by atoms with Crippen LogP contribution in [0.5, 0.6) is 0 Å². The maximum absolute atomic E-state index is 12.3. The second-order valence-corrected chi connectivity index (χ2v) is 6.75. The van der Waals surface area contributed by atoms with Crippen LogP contribution in [0.3, 0.4) is 0 Å². The van der Waals surface area contributed by atoms with E-state index in [2.05, 4.69) is 10.3 Å². The molecule has 1 aliphatic heterocycles. The van der Waals surface area contributed by atoms with Gasteiger partial charge in [0.1, 0.15) is 0 Å². The second-order valence-electron chi connectivity index (χ2n) is 6.75. The van der Waals surface area contributed by atoms with E-state index in [4.69, 9.17) is 0 Å². The minimum Gasteiger partial charge on any atom is -0.361 e. The first-order valence-electron chi connectivity index (χ1n) is 8.88. The molecule has 2 amide bonds. The zero-order valence-electron chi connectivity index (χ0n) is 14.4. The van der Waals surface area contributed by atoms with Crippen molar-refractivity contribution in [2.75, 3.05) is 18.0 Å². The Hall–Kier alpha value is -3.08. The van der Waals surface area contributed by atoms with Gasteiger partial charge in [-0.2, -0.15) is 0 Å². The quantitative estimate of drug-likeness (QED) is 0.745. The topological polar surface area (TPSA) is 65.2 Å². The molecule has 0 saturated carbocycles. The third kappa shape index (κ3) is 3.33. The molecule has 5 heteroatoms. The fraction of sp³-hybridized carbons (Fsp3) is 0.238. The van der Waals surface area contributed by atoms with Crippen molar-refractivity contribution in [3.63, 3.8) is 0 Å². The standard InChI is InChI=1S/C21H21N3O2/c25-20(11-16-13-22-19-9-5-4-8-18(16)19)23-12-15-10-21(26)24(14-15)17-6-2-1-3-7-17/h1-9,13,15,22H,10-12,14H2,(H,23,25). The number of H-pyrrole nitrogens is 1. The van der Waals surface area contributed by atoms with Crippen LogP contribution in [-0.2, 0) is 16.0 Å². The minimum atomic E-state index is -0.0136. The van der Waals surface area contributed by atoms with Crippen molar-refractivity contribution < 1.29 is 9.59 Å². The summed E-state index contributed by atoms with van der Waals surface area (Å²) in [7, 11) is 0. The zero-order chi connectivity index (χ0) is 17.9. The predicted molar refractivity (Wildman–Crippen MR) is 102 cm³/mol. The molecule has 1 aliphatic rings. The van der Waals surface area contributed by atoms with Crippen LogP contribution < -0.4 is 10.2 Å². The largest absolute Gasteiger partial charge is 0.361 e. The summed E-state index contributed by atoms with van der Waals surface area (Å²) < 4.78 is 0. The average Bonchev–Trinajstić information content (AvgIpc) is 3.24. The number of amides is 2. The summed E-state index contributed by atoms with van der Waals surface area (Å²) >= 11 is 0. The molecule has 0 radical (unpaired) electrons. The SMILES string of the molecule is O=C(Cc1c[nH]c2ccccc12)NCC1CC(=O)N(c2ccccc2)C1. The lowest BCUT2D eigenvalue weighted by atomic mass is 10.1. The van der Waals surface area contributed by atoms with Crippen LogP contribution in [0.15, 0.2) is 60.8 Å².